The van der Waals surface area contributed by atoms with Crippen LogP contribution in [0.5, 0.6) is 5.75 Å². The zero-order valence-electron chi connectivity index (χ0n) is 14.6. The molecule has 0 aliphatic rings. The molecule has 2 rings (SSSR count). The average Bonchev–Trinajstić information content (AvgIpc) is 2.53. The number of nitrogens with zero attached hydrogens (tertiary/aromatic N) is 2. The van der Waals surface area contributed by atoms with E-state index in [4.69, 9.17) is 4.74 Å². The van der Waals surface area contributed by atoms with Crippen LogP contribution in [0.3, 0.4) is 0 Å². The highest BCUT2D eigenvalue weighted by molar-refractivity contribution is 6.03. The summed E-state index contributed by atoms with van der Waals surface area (Å²) in [5.74, 6) is 0.810. The number of hydrogen-bond acceptors (Lipinski definition) is 5. The van der Waals surface area contributed by atoms with Crippen molar-refractivity contribution in [3.8, 4) is 5.75 Å². The molecular weight excluding hydrogens is 304 g/mol. The predicted octanol–water partition coefficient (Wildman–Crippen LogP) is 3.65. The van der Waals surface area contributed by atoms with Gasteiger partial charge in [0.05, 0.1) is 11.8 Å². The van der Waals surface area contributed by atoms with E-state index in [2.05, 4.69) is 27.5 Å². The van der Waals surface area contributed by atoms with Crippen LogP contribution in [-0.2, 0) is 0 Å². The lowest BCUT2D eigenvalue weighted by Crippen LogP contribution is -2.17. The van der Waals surface area contributed by atoms with E-state index in [1.807, 2.05) is 39.0 Å². The number of amides is 1. The number of aromatic nitrogens is 2. The van der Waals surface area contributed by atoms with Gasteiger partial charge in [-0.15, -0.1) is 0 Å². The molecule has 1 aromatic carbocycles. The summed E-state index contributed by atoms with van der Waals surface area (Å²) in [7, 11) is 0. The minimum absolute atomic E-state index is 0.0224. The number of para-hydroxylation sites is 2. The molecular formula is C18H24N4O2. The summed E-state index contributed by atoms with van der Waals surface area (Å²) in [6, 6.07) is 9.02. The van der Waals surface area contributed by atoms with Crippen LogP contribution in [0.4, 0.5) is 11.6 Å². The van der Waals surface area contributed by atoms with Crippen LogP contribution in [0.1, 0.15) is 43.4 Å². The first-order valence-electron chi connectivity index (χ1n) is 8.16. The maximum Gasteiger partial charge on any atom is 0.274 e. The molecule has 0 saturated carbocycles. The van der Waals surface area contributed by atoms with E-state index in [0.29, 0.717) is 23.1 Å². The van der Waals surface area contributed by atoms with Gasteiger partial charge in [-0.05, 0) is 45.4 Å². The highest BCUT2D eigenvalue weighted by atomic mass is 16.5. The highest BCUT2D eigenvalue weighted by Crippen LogP contribution is 2.25. The van der Waals surface area contributed by atoms with E-state index in [-0.39, 0.29) is 12.0 Å². The molecule has 24 heavy (non-hydrogen) atoms. The molecule has 128 valence electrons. The smallest absolute Gasteiger partial charge is 0.274 e. The zero-order valence-corrected chi connectivity index (χ0v) is 14.6. The Morgan fingerprint density at radius 1 is 1.25 bits per heavy atom. The van der Waals surface area contributed by atoms with Gasteiger partial charge in [0, 0.05) is 12.2 Å². The standard InChI is InChI=1S/C18H24N4O2/c1-5-10-19-18-20-13(4)11-15(22-18)17(23)21-14-8-6-7-9-16(14)24-12(2)3/h6-9,11-12H,5,10H2,1-4H3,(H,21,23)(H,19,20,22). The second-order valence-electron chi connectivity index (χ2n) is 5.76. The lowest BCUT2D eigenvalue weighted by molar-refractivity contribution is 0.102. The molecule has 1 aromatic heterocycles. The van der Waals surface area contributed by atoms with Crippen LogP contribution in [0.25, 0.3) is 0 Å². The van der Waals surface area contributed by atoms with Crippen molar-refractivity contribution >= 4 is 17.5 Å². The maximum absolute atomic E-state index is 12.5. The number of ether oxygens (including phenoxy) is 1. The van der Waals surface area contributed by atoms with E-state index in [9.17, 15) is 4.79 Å². The molecule has 1 heterocycles. The Morgan fingerprint density at radius 3 is 2.71 bits per heavy atom. The molecule has 0 aliphatic heterocycles. The molecule has 2 N–H and O–H groups in total. The number of carbonyl (C=O) groups excluding carboxylic acids is 1. The van der Waals surface area contributed by atoms with E-state index >= 15 is 0 Å². The summed E-state index contributed by atoms with van der Waals surface area (Å²) in [4.78, 5) is 21.1. The molecule has 0 bridgehead atoms. The second-order valence-corrected chi connectivity index (χ2v) is 5.76. The lowest BCUT2D eigenvalue weighted by Gasteiger charge is -2.15. The topological polar surface area (TPSA) is 76.1 Å². The van der Waals surface area contributed by atoms with E-state index in [1.54, 1.807) is 12.1 Å². The first kappa shape index (κ1) is 17.7. The normalized spacial score (nSPS) is 10.5. The number of hydrogen-bond donors (Lipinski definition) is 2. The Morgan fingerprint density at radius 2 is 2.00 bits per heavy atom. The minimum Gasteiger partial charge on any atom is -0.489 e. The zero-order chi connectivity index (χ0) is 17.5. The van der Waals surface area contributed by atoms with Crippen LogP contribution >= 0.6 is 0 Å². The van der Waals surface area contributed by atoms with Crippen molar-refractivity contribution < 1.29 is 9.53 Å². The fourth-order valence-corrected chi connectivity index (χ4v) is 2.11. The molecule has 0 atom stereocenters. The monoisotopic (exact) mass is 328 g/mol. The predicted molar refractivity (Wildman–Crippen MR) is 95.7 cm³/mol. The second kappa shape index (κ2) is 8.29. The van der Waals surface area contributed by atoms with Gasteiger partial charge in [-0.3, -0.25) is 4.79 Å². The third-order valence-electron chi connectivity index (χ3n) is 3.12. The van der Waals surface area contributed by atoms with Gasteiger partial charge in [-0.25, -0.2) is 9.97 Å². The SMILES string of the molecule is CCCNc1nc(C)cc(C(=O)Nc2ccccc2OC(C)C)n1. The summed E-state index contributed by atoms with van der Waals surface area (Å²) in [5.41, 5.74) is 1.68. The molecule has 0 fully saturated rings. The Kier molecular flexibility index (Phi) is 6.12. The fraction of sp³-hybridized carbons (Fsp3) is 0.389. The van der Waals surface area contributed by atoms with Crippen molar-refractivity contribution in [1.82, 2.24) is 9.97 Å². The van der Waals surface area contributed by atoms with Gasteiger partial charge >= 0.3 is 0 Å². The van der Waals surface area contributed by atoms with Crippen LogP contribution in [-0.4, -0.2) is 28.5 Å². The molecule has 1 amide bonds. The Bertz CT molecular complexity index is 701. The third kappa shape index (κ3) is 4.94. The first-order valence-corrected chi connectivity index (χ1v) is 8.16. The van der Waals surface area contributed by atoms with Gasteiger partial charge in [0.25, 0.3) is 5.91 Å². The van der Waals surface area contributed by atoms with Gasteiger partial charge in [0.1, 0.15) is 11.4 Å². The average molecular weight is 328 g/mol. The summed E-state index contributed by atoms with van der Waals surface area (Å²) in [6.45, 7) is 8.54. The quantitative estimate of drug-likeness (QED) is 0.811. The van der Waals surface area contributed by atoms with E-state index < -0.39 is 0 Å². The van der Waals surface area contributed by atoms with E-state index in [1.165, 1.54) is 0 Å². The number of aryl methyl sites for hydroxylation is 1. The molecule has 0 spiro atoms. The van der Waals surface area contributed by atoms with Crippen molar-refractivity contribution in [2.75, 3.05) is 17.2 Å². The summed E-state index contributed by atoms with van der Waals surface area (Å²) < 4.78 is 5.72. The van der Waals surface area contributed by atoms with Gasteiger partial charge in [-0.2, -0.15) is 0 Å². The minimum atomic E-state index is -0.292. The van der Waals surface area contributed by atoms with Gasteiger partial charge in [0.2, 0.25) is 5.95 Å². The summed E-state index contributed by atoms with van der Waals surface area (Å²) in [5, 5.41) is 5.97. The largest absolute Gasteiger partial charge is 0.489 e. The van der Waals surface area contributed by atoms with Crippen LogP contribution in [0.15, 0.2) is 30.3 Å². The molecule has 2 aromatic rings. The number of nitrogens with one attached hydrogen (secondary N) is 2. The first-order chi connectivity index (χ1) is 11.5. The van der Waals surface area contributed by atoms with Gasteiger partial charge in [-0.1, -0.05) is 19.1 Å². The maximum atomic E-state index is 12.5. The molecule has 6 heteroatoms. The number of benzene rings is 1. The van der Waals surface area contributed by atoms with Crippen molar-refractivity contribution in [2.24, 2.45) is 0 Å². The third-order valence-corrected chi connectivity index (χ3v) is 3.12. The summed E-state index contributed by atoms with van der Waals surface area (Å²) >= 11 is 0. The molecule has 6 nitrogen and oxygen atoms in total. The molecule has 0 saturated heterocycles. The Hall–Kier alpha value is -2.63. The molecule has 0 radical (unpaired) electrons. The van der Waals surface area contributed by atoms with Gasteiger partial charge < -0.3 is 15.4 Å². The number of rotatable bonds is 7. The van der Waals surface area contributed by atoms with Crippen LogP contribution < -0.4 is 15.4 Å². The van der Waals surface area contributed by atoms with E-state index in [0.717, 1.165) is 18.7 Å². The van der Waals surface area contributed by atoms with Crippen molar-refractivity contribution in [3.05, 3.63) is 41.7 Å². The van der Waals surface area contributed by atoms with Crippen molar-refractivity contribution in [1.29, 1.82) is 0 Å². The summed E-state index contributed by atoms with van der Waals surface area (Å²) in [6.07, 6.45) is 0.979. The van der Waals surface area contributed by atoms with Crippen LogP contribution in [0.2, 0.25) is 0 Å². The Labute approximate surface area is 142 Å². The number of carbonyl (C=O) groups is 1. The molecule has 0 unspecified atom stereocenters. The van der Waals surface area contributed by atoms with Crippen molar-refractivity contribution in [3.63, 3.8) is 0 Å². The molecule has 0 aliphatic carbocycles. The Balaban J connectivity index is 2.19. The number of anilines is 2. The van der Waals surface area contributed by atoms with Crippen LogP contribution in [0, 0.1) is 6.92 Å². The van der Waals surface area contributed by atoms with Gasteiger partial charge in [0.15, 0.2) is 0 Å². The lowest BCUT2D eigenvalue weighted by atomic mass is 10.2. The fourth-order valence-electron chi connectivity index (χ4n) is 2.11. The van der Waals surface area contributed by atoms with Crippen molar-refractivity contribution in [2.45, 2.75) is 40.2 Å². The highest BCUT2D eigenvalue weighted by Gasteiger charge is 2.13.